The molecule has 1 aromatic heterocycles. The Morgan fingerprint density at radius 2 is 1.94 bits per heavy atom. The van der Waals surface area contributed by atoms with Crippen LogP contribution in [0.1, 0.15) is 70.8 Å². The van der Waals surface area contributed by atoms with Crippen molar-refractivity contribution in [1.82, 2.24) is 20.5 Å². The summed E-state index contributed by atoms with van der Waals surface area (Å²) < 4.78 is 0. The van der Waals surface area contributed by atoms with Gasteiger partial charge in [-0.1, -0.05) is 51.7 Å². The molecular weight excluding hydrogens is 426 g/mol. The van der Waals surface area contributed by atoms with Gasteiger partial charge in [0.15, 0.2) is 0 Å². The molecule has 1 aliphatic heterocycles. The van der Waals surface area contributed by atoms with Gasteiger partial charge in [-0.25, -0.2) is 4.98 Å². The zero-order valence-electron chi connectivity index (χ0n) is 20.6. The van der Waals surface area contributed by atoms with Crippen molar-refractivity contribution in [2.75, 3.05) is 12.3 Å². The summed E-state index contributed by atoms with van der Waals surface area (Å²) in [7, 11) is 0. The highest BCUT2D eigenvalue weighted by Crippen LogP contribution is 2.25. The average molecular weight is 466 g/mol. The molecule has 2 aromatic rings. The lowest BCUT2D eigenvalue weighted by molar-refractivity contribution is -0.141. The molecule has 1 saturated heterocycles. The van der Waals surface area contributed by atoms with Crippen LogP contribution in [-0.2, 0) is 16.1 Å². The summed E-state index contributed by atoms with van der Waals surface area (Å²) >= 11 is 0. The Bertz CT molecular complexity index is 1000. The minimum Gasteiger partial charge on any atom is -0.383 e. The largest absolute Gasteiger partial charge is 0.383 e. The molecular formula is C27H39N5O2. The van der Waals surface area contributed by atoms with Crippen molar-refractivity contribution in [3.05, 3.63) is 36.0 Å². The molecule has 7 nitrogen and oxygen atoms in total. The molecule has 1 aliphatic carbocycles. The normalized spacial score (nSPS) is 20.9. The number of hydrogen-bond acceptors (Lipinski definition) is 5. The number of aromatic nitrogens is 1. The number of nitrogens with zero attached hydrogens (tertiary/aromatic N) is 2. The quantitative estimate of drug-likeness (QED) is 0.551. The minimum absolute atomic E-state index is 0.0687. The van der Waals surface area contributed by atoms with E-state index in [1.54, 1.807) is 6.20 Å². The number of fused-ring (bicyclic) bond motifs is 1. The highest BCUT2D eigenvalue weighted by Gasteiger charge is 2.39. The first kappa shape index (κ1) is 24.5. The molecule has 0 bridgehead atoms. The van der Waals surface area contributed by atoms with Crippen molar-refractivity contribution in [2.24, 2.45) is 5.92 Å². The lowest BCUT2D eigenvalue weighted by atomic mass is 9.91. The third kappa shape index (κ3) is 5.52. The van der Waals surface area contributed by atoms with Crippen LogP contribution >= 0.6 is 0 Å². The molecule has 2 aliphatic rings. The van der Waals surface area contributed by atoms with Crippen molar-refractivity contribution in [3.63, 3.8) is 0 Å². The van der Waals surface area contributed by atoms with Gasteiger partial charge in [-0.2, -0.15) is 0 Å². The molecule has 2 amide bonds. The Balaban J connectivity index is 1.40. The van der Waals surface area contributed by atoms with Crippen LogP contribution < -0.4 is 16.4 Å². The predicted octanol–water partition coefficient (Wildman–Crippen LogP) is 3.76. The summed E-state index contributed by atoms with van der Waals surface area (Å²) in [4.78, 5) is 32.8. The number of amides is 2. The molecule has 0 spiro atoms. The Morgan fingerprint density at radius 3 is 2.71 bits per heavy atom. The van der Waals surface area contributed by atoms with Gasteiger partial charge in [0, 0.05) is 30.7 Å². The number of pyridine rings is 1. The molecule has 34 heavy (non-hydrogen) atoms. The van der Waals surface area contributed by atoms with Gasteiger partial charge in [-0.15, -0.1) is 0 Å². The van der Waals surface area contributed by atoms with Crippen molar-refractivity contribution in [3.8, 4) is 0 Å². The zero-order chi connectivity index (χ0) is 24.1. The van der Waals surface area contributed by atoms with Gasteiger partial charge >= 0.3 is 0 Å². The van der Waals surface area contributed by atoms with Crippen LogP contribution in [0.25, 0.3) is 10.8 Å². The van der Waals surface area contributed by atoms with E-state index in [9.17, 15) is 9.59 Å². The standard InChI is InChI=1S/C27H39N5O2/c1-3-18(2)24(31-21-8-5-4-6-9-21)27(34)32-15-7-10-23(32)26(33)30-17-19-11-12-22-20(16-19)13-14-29-25(22)28/h11-14,16,18,21,23-24,31H,3-10,15,17H2,1-2H3,(H2,28,29)(H,30,33)/t18-,23-,24+/m0/s1. The van der Waals surface area contributed by atoms with Crippen LogP contribution in [0, 0.1) is 5.92 Å². The number of likely N-dealkylation sites (tertiary alicyclic amines) is 1. The highest BCUT2D eigenvalue weighted by atomic mass is 16.2. The minimum atomic E-state index is -0.396. The first-order chi connectivity index (χ1) is 16.5. The van der Waals surface area contributed by atoms with Crippen LogP contribution in [0.15, 0.2) is 30.5 Å². The number of nitrogens with two attached hydrogens (primary N) is 1. The number of carbonyl (C=O) groups excluding carboxylic acids is 2. The molecule has 4 N–H and O–H groups in total. The van der Waals surface area contributed by atoms with Gasteiger partial charge in [-0.05, 0) is 54.7 Å². The van der Waals surface area contributed by atoms with Crippen LogP contribution in [0.4, 0.5) is 5.82 Å². The summed E-state index contributed by atoms with van der Waals surface area (Å²) in [5.74, 6) is 0.760. The highest BCUT2D eigenvalue weighted by molar-refractivity contribution is 5.92. The van der Waals surface area contributed by atoms with Gasteiger partial charge in [-0.3, -0.25) is 9.59 Å². The maximum atomic E-state index is 13.7. The molecule has 184 valence electrons. The fourth-order valence-electron chi connectivity index (χ4n) is 5.39. The second kappa shape index (κ2) is 11.2. The molecule has 4 rings (SSSR count). The number of anilines is 1. The van der Waals surface area contributed by atoms with Crippen LogP contribution in [0.3, 0.4) is 0 Å². The Kier molecular flexibility index (Phi) is 8.03. The summed E-state index contributed by atoms with van der Waals surface area (Å²) in [5, 5.41) is 8.66. The number of nitrogen functional groups attached to an aromatic ring is 1. The summed E-state index contributed by atoms with van der Waals surface area (Å²) in [6.07, 6.45) is 10.2. The van der Waals surface area contributed by atoms with E-state index in [4.69, 9.17) is 5.73 Å². The Hall–Kier alpha value is -2.67. The maximum Gasteiger partial charge on any atom is 0.243 e. The maximum absolute atomic E-state index is 13.7. The van der Waals surface area contributed by atoms with Crippen molar-refractivity contribution in [2.45, 2.75) is 89.9 Å². The first-order valence-corrected chi connectivity index (χ1v) is 12.9. The molecule has 1 aromatic carbocycles. The van der Waals surface area contributed by atoms with Crippen molar-refractivity contribution in [1.29, 1.82) is 0 Å². The molecule has 2 heterocycles. The van der Waals surface area contributed by atoms with Gasteiger partial charge in [0.1, 0.15) is 11.9 Å². The Morgan fingerprint density at radius 1 is 1.15 bits per heavy atom. The molecule has 2 fully saturated rings. The summed E-state index contributed by atoms with van der Waals surface area (Å²) in [6.45, 7) is 5.35. The Labute approximate surface area is 202 Å². The van der Waals surface area contributed by atoms with E-state index in [2.05, 4.69) is 29.5 Å². The molecule has 3 atom stereocenters. The van der Waals surface area contributed by atoms with Gasteiger partial charge in [0.05, 0.1) is 6.04 Å². The number of hydrogen-bond donors (Lipinski definition) is 3. The second-order valence-corrected chi connectivity index (χ2v) is 10.0. The summed E-state index contributed by atoms with van der Waals surface area (Å²) in [6, 6.07) is 7.64. The van der Waals surface area contributed by atoms with E-state index in [1.807, 2.05) is 29.2 Å². The topological polar surface area (TPSA) is 100 Å². The molecule has 7 heteroatoms. The number of benzene rings is 1. The van der Waals surface area contributed by atoms with Gasteiger partial charge in [0.25, 0.3) is 0 Å². The first-order valence-electron chi connectivity index (χ1n) is 12.9. The average Bonchev–Trinajstić information content (AvgIpc) is 3.36. The lowest BCUT2D eigenvalue weighted by Gasteiger charge is -2.35. The fraction of sp³-hybridized carbons (Fsp3) is 0.593. The van der Waals surface area contributed by atoms with E-state index in [0.29, 0.717) is 31.4 Å². The number of carbonyl (C=O) groups is 2. The second-order valence-electron chi connectivity index (χ2n) is 10.0. The van der Waals surface area contributed by atoms with E-state index < -0.39 is 6.04 Å². The van der Waals surface area contributed by atoms with Crippen molar-refractivity contribution < 1.29 is 9.59 Å². The predicted molar refractivity (Wildman–Crippen MR) is 136 cm³/mol. The van der Waals surface area contributed by atoms with Crippen LogP contribution in [0.5, 0.6) is 0 Å². The number of rotatable bonds is 8. The van der Waals surface area contributed by atoms with E-state index >= 15 is 0 Å². The SMILES string of the molecule is CC[C@H](C)[C@@H](NC1CCCCC1)C(=O)N1CCC[C@H]1C(=O)NCc1ccc2c(N)nccc2c1. The third-order valence-corrected chi connectivity index (χ3v) is 7.66. The fourth-order valence-corrected chi connectivity index (χ4v) is 5.39. The van der Waals surface area contributed by atoms with Gasteiger partial charge < -0.3 is 21.3 Å². The van der Waals surface area contributed by atoms with E-state index in [-0.39, 0.29) is 23.8 Å². The van der Waals surface area contributed by atoms with E-state index in [0.717, 1.165) is 42.0 Å². The number of nitrogens with one attached hydrogen (secondary N) is 2. The molecule has 0 radical (unpaired) electrons. The van der Waals surface area contributed by atoms with Crippen LogP contribution in [0.2, 0.25) is 0 Å². The summed E-state index contributed by atoms with van der Waals surface area (Å²) in [5.41, 5.74) is 6.94. The molecule has 1 saturated carbocycles. The zero-order valence-corrected chi connectivity index (χ0v) is 20.6. The third-order valence-electron chi connectivity index (χ3n) is 7.66. The lowest BCUT2D eigenvalue weighted by Crippen LogP contribution is -2.56. The monoisotopic (exact) mass is 465 g/mol. The smallest absolute Gasteiger partial charge is 0.243 e. The van der Waals surface area contributed by atoms with E-state index in [1.165, 1.54) is 19.3 Å². The van der Waals surface area contributed by atoms with Crippen LogP contribution in [-0.4, -0.2) is 46.4 Å². The molecule has 0 unspecified atom stereocenters. The van der Waals surface area contributed by atoms with Crippen molar-refractivity contribution >= 4 is 28.4 Å². The van der Waals surface area contributed by atoms with Gasteiger partial charge in [0.2, 0.25) is 11.8 Å².